The molecule has 1 spiro atoms. The number of amides is 2. The summed E-state index contributed by atoms with van der Waals surface area (Å²) in [6.45, 7) is 3.59. The highest BCUT2D eigenvalue weighted by Gasteiger charge is 2.48. The fraction of sp³-hybridized carbons (Fsp3) is 0.360. The number of fused-ring (bicyclic) bond motifs is 1. The highest BCUT2D eigenvalue weighted by molar-refractivity contribution is 5.98. The quantitative estimate of drug-likeness (QED) is 0.660. The van der Waals surface area contributed by atoms with Crippen LogP contribution < -0.4 is 0 Å². The van der Waals surface area contributed by atoms with Gasteiger partial charge in [-0.1, -0.05) is 6.07 Å². The number of likely N-dealkylation sites (tertiary alicyclic amines) is 2. The van der Waals surface area contributed by atoms with Crippen LogP contribution in [0, 0.1) is 24.0 Å². The molecule has 2 fully saturated rings. The lowest BCUT2D eigenvalue weighted by Crippen LogP contribution is -2.46. The van der Waals surface area contributed by atoms with Crippen LogP contribution in [0.4, 0.5) is 8.78 Å². The van der Waals surface area contributed by atoms with Crippen LogP contribution in [0.25, 0.3) is 10.9 Å². The molecule has 166 valence electrons. The summed E-state index contributed by atoms with van der Waals surface area (Å²) in [4.78, 5) is 32.9. The predicted octanol–water partition coefficient (Wildman–Crippen LogP) is 4.41. The zero-order valence-corrected chi connectivity index (χ0v) is 18.0. The minimum Gasteiger partial charge on any atom is -0.359 e. The van der Waals surface area contributed by atoms with Crippen LogP contribution in [0.15, 0.2) is 42.5 Å². The number of hydrogen-bond acceptors (Lipinski definition) is 2. The number of aromatic nitrogens is 1. The molecule has 2 saturated heterocycles. The molecule has 0 atom stereocenters. The first-order chi connectivity index (χ1) is 15.3. The molecule has 5 nitrogen and oxygen atoms in total. The standard InChI is InChI=1S/C25H25F2N3O2/c1-16-12-17-2-3-18(14-22(17)28-16)23(31)29-9-6-25(7-10-29)8-11-30(24(25)32)15-19-13-20(26)4-5-21(19)27/h2-5,12-14,28H,6-11,15H2,1H3. The number of halogens is 2. The van der Waals surface area contributed by atoms with E-state index in [1.807, 2.05) is 36.1 Å². The van der Waals surface area contributed by atoms with Crippen LogP contribution in [-0.4, -0.2) is 46.2 Å². The topological polar surface area (TPSA) is 56.4 Å². The molecule has 1 N–H and O–H groups in total. The molecule has 3 heterocycles. The Balaban J connectivity index is 1.25. The summed E-state index contributed by atoms with van der Waals surface area (Å²) in [5.41, 5.74) is 2.30. The highest BCUT2D eigenvalue weighted by Crippen LogP contribution is 2.42. The van der Waals surface area contributed by atoms with Crippen LogP contribution in [0.5, 0.6) is 0 Å². The van der Waals surface area contributed by atoms with Gasteiger partial charge in [0, 0.05) is 48.5 Å². The van der Waals surface area contributed by atoms with Crippen molar-refractivity contribution in [3.63, 3.8) is 0 Å². The molecule has 0 bridgehead atoms. The smallest absolute Gasteiger partial charge is 0.253 e. The number of carbonyl (C=O) groups excluding carboxylic acids is 2. The van der Waals surface area contributed by atoms with E-state index < -0.39 is 17.0 Å². The molecule has 32 heavy (non-hydrogen) atoms. The van der Waals surface area contributed by atoms with Gasteiger partial charge in [-0.3, -0.25) is 9.59 Å². The average Bonchev–Trinajstić information content (AvgIpc) is 3.30. The molecule has 0 saturated carbocycles. The van der Waals surface area contributed by atoms with Gasteiger partial charge >= 0.3 is 0 Å². The van der Waals surface area contributed by atoms with E-state index in [0.29, 0.717) is 44.5 Å². The first-order valence-electron chi connectivity index (χ1n) is 11.0. The maximum absolute atomic E-state index is 14.0. The first-order valence-corrected chi connectivity index (χ1v) is 11.0. The third-order valence-electron chi connectivity index (χ3n) is 6.98. The van der Waals surface area contributed by atoms with Crippen molar-refractivity contribution >= 4 is 22.7 Å². The third kappa shape index (κ3) is 3.55. The number of benzene rings is 2. The Morgan fingerprint density at radius 1 is 1.03 bits per heavy atom. The molecule has 1 aromatic heterocycles. The zero-order valence-electron chi connectivity index (χ0n) is 18.0. The molecule has 2 aliphatic heterocycles. The Morgan fingerprint density at radius 2 is 1.78 bits per heavy atom. The van der Waals surface area contributed by atoms with Gasteiger partial charge in [-0.25, -0.2) is 8.78 Å². The second-order valence-corrected chi connectivity index (χ2v) is 9.04. The van der Waals surface area contributed by atoms with Gasteiger partial charge in [-0.2, -0.15) is 0 Å². The molecule has 2 aromatic carbocycles. The zero-order chi connectivity index (χ0) is 22.5. The van der Waals surface area contributed by atoms with Crippen molar-refractivity contribution in [2.24, 2.45) is 5.41 Å². The van der Waals surface area contributed by atoms with E-state index in [1.165, 1.54) is 0 Å². The second kappa shape index (κ2) is 7.73. The Hall–Kier alpha value is -3.22. The Morgan fingerprint density at radius 3 is 2.56 bits per heavy atom. The summed E-state index contributed by atoms with van der Waals surface area (Å²) in [7, 11) is 0. The number of aromatic amines is 1. The summed E-state index contributed by atoms with van der Waals surface area (Å²) in [6.07, 6.45) is 1.85. The molecule has 5 rings (SSSR count). The molecule has 7 heteroatoms. The van der Waals surface area contributed by atoms with Gasteiger partial charge in [0.1, 0.15) is 11.6 Å². The van der Waals surface area contributed by atoms with Crippen LogP contribution in [0.3, 0.4) is 0 Å². The maximum Gasteiger partial charge on any atom is 0.253 e. The largest absolute Gasteiger partial charge is 0.359 e. The minimum absolute atomic E-state index is 0.0171. The number of nitrogens with zero attached hydrogens (tertiary/aromatic N) is 2. The number of rotatable bonds is 3. The van der Waals surface area contributed by atoms with Crippen LogP contribution in [0.2, 0.25) is 0 Å². The lowest BCUT2D eigenvalue weighted by atomic mass is 9.77. The average molecular weight is 437 g/mol. The third-order valence-corrected chi connectivity index (χ3v) is 6.98. The van der Waals surface area contributed by atoms with Crippen molar-refractivity contribution < 1.29 is 18.4 Å². The molecule has 0 unspecified atom stereocenters. The van der Waals surface area contributed by atoms with E-state index in [1.54, 1.807) is 4.90 Å². The lowest BCUT2D eigenvalue weighted by molar-refractivity contribution is -0.138. The van der Waals surface area contributed by atoms with Crippen molar-refractivity contribution in [1.29, 1.82) is 0 Å². The summed E-state index contributed by atoms with van der Waals surface area (Å²) in [6, 6.07) is 11.0. The van der Waals surface area contributed by atoms with Gasteiger partial charge in [0.25, 0.3) is 5.91 Å². The molecule has 0 aliphatic carbocycles. The van der Waals surface area contributed by atoms with Crippen LogP contribution in [0.1, 0.15) is 40.9 Å². The number of nitrogens with one attached hydrogen (secondary N) is 1. The van der Waals surface area contributed by atoms with Crippen molar-refractivity contribution in [3.05, 3.63) is 70.9 Å². The van der Waals surface area contributed by atoms with E-state index in [2.05, 4.69) is 4.98 Å². The molecule has 2 amide bonds. The van der Waals surface area contributed by atoms with E-state index in [0.717, 1.165) is 34.8 Å². The van der Waals surface area contributed by atoms with Gasteiger partial charge in [0.15, 0.2) is 0 Å². The summed E-state index contributed by atoms with van der Waals surface area (Å²) in [5, 5.41) is 1.07. The number of H-pyrrole nitrogens is 1. The Kier molecular flexibility index (Phi) is 4.99. The van der Waals surface area contributed by atoms with Gasteiger partial charge in [0.05, 0.1) is 5.41 Å². The lowest BCUT2D eigenvalue weighted by Gasteiger charge is -2.38. The van der Waals surface area contributed by atoms with Crippen molar-refractivity contribution in [1.82, 2.24) is 14.8 Å². The number of aryl methyl sites for hydroxylation is 1. The SMILES string of the molecule is Cc1cc2ccc(C(=O)N3CCC4(CC3)CCN(Cc3cc(F)ccc3F)C4=O)cc2[nH]1. The van der Waals surface area contributed by atoms with Crippen LogP contribution >= 0.6 is 0 Å². The van der Waals surface area contributed by atoms with E-state index in [9.17, 15) is 18.4 Å². The van der Waals surface area contributed by atoms with Crippen molar-refractivity contribution in [2.45, 2.75) is 32.7 Å². The van der Waals surface area contributed by atoms with E-state index in [-0.39, 0.29) is 23.9 Å². The highest BCUT2D eigenvalue weighted by atomic mass is 19.1. The first kappa shape index (κ1) is 20.7. The van der Waals surface area contributed by atoms with Gasteiger partial charge in [-0.15, -0.1) is 0 Å². The summed E-state index contributed by atoms with van der Waals surface area (Å²) in [5.74, 6) is -1.06. The normalized spacial score (nSPS) is 18.2. The fourth-order valence-electron chi connectivity index (χ4n) is 5.10. The van der Waals surface area contributed by atoms with Gasteiger partial charge in [0.2, 0.25) is 5.91 Å². The van der Waals surface area contributed by atoms with Gasteiger partial charge < -0.3 is 14.8 Å². The predicted molar refractivity (Wildman–Crippen MR) is 117 cm³/mol. The van der Waals surface area contributed by atoms with Gasteiger partial charge in [-0.05, 0) is 68.0 Å². The number of carbonyl (C=O) groups is 2. The fourth-order valence-corrected chi connectivity index (χ4v) is 5.10. The Labute approximate surface area is 185 Å². The number of piperidine rings is 1. The molecular formula is C25H25F2N3O2. The monoisotopic (exact) mass is 437 g/mol. The molecule has 2 aliphatic rings. The van der Waals surface area contributed by atoms with E-state index in [4.69, 9.17) is 0 Å². The van der Waals surface area contributed by atoms with Crippen molar-refractivity contribution in [3.8, 4) is 0 Å². The molecule has 3 aromatic rings. The molecular weight excluding hydrogens is 412 g/mol. The summed E-state index contributed by atoms with van der Waals surface area (Å²) < 4.78 is 27.5. The molecule has 0 radical (unpaired) electrons. The minimum atomic E-state index is -0.513. The van der Waals surface area contributed by atoms with E-state index >= 15 is 0 Å². The summed E-state index contributed by atoms with van der Waals surface area (Å²) >= 11 is 0. The second-order valence-electron chi connectivity index (χ2n) is 9.04. The van der Waals surface area contributed by atoms with Crippen molar-refractivity contribution in [2.75, 3.05) is 19.6 Å². The maximum atomic E-state index is 14.0. The number of hydrogen-bond donors (Lipinski definition) is 1. The van der Waals surface area contributed by atoms with Crippen LogP contribution in [-0.2, 0) is 11.3 Å². The Bertz CT molecular complexity index is 1210.